The number of piperidine rings is 1. The molecule has 0 bridgehead atoms. The molecule has 3 aliphatic rings. The Labute approximate surface area is 225 Å². The monoisotopic (exact) mass is 515 g/mol. The highest BCUT2D eigenvalue weighted by Crippen LogP contribution is 2.34. The fourth-order valence-electron chi connectivity index (χ4n) is 6.55. The van der Waals surface area contributed by atoms with E-state index in [0.717, 1.165) is 68.1 Å². The van der Waals surface area contributed by atoms with Crippen LogP contribution in [0.15, 0.2) is 47.3 Å². The molecule has 0 unspecified atom stereocenters. The van der Waals surface area contributed by atoms with Gasteiger partial charge in [0.2, 0.25) is 0 Å². The molecule has 6 nitrogen and oxygen atoms in total. The van der Waals surface area contributed by atoms with E-state index in [4.69, 9.17) is 9.47 Å². The van der Waals surface area contributed by atoms with E-state index in [1.54, 1.807) is 0 Å². The number of rotatable bonds is 7. The van der Waals surface area contributed by atoms with Gasteiger partial charge in [-0.2, -0.15) is 0 Å². The molecule has 1 saturated carbocycles. The summed E-state index contributed by atoms with van der Waals surface area (Å²) in [6.07, 6.45) is 8.81. The van der Waals surface area contributed by atoms with Gasteiger partial charge in [0, 0.05) is 37.1 Å². The molecule has 0 amide bonds. The Morgan fingerprint density at radius 3 is 2.47 bits per heavy atom. The highest BCUT2D eigenvalue weighted by atomic mass is 16.6. The topological polar surface area (TPSA) is 55.7 Å². The van der Waals surface area contributed by atoms with Crippen molar-refractivity contribution in [3.05, 3.63) is 69.5 Å². The van der Waals surface area contributed by atoms with Crippen molar-refractivity contribution in [3.63, 3.8) is 0 Å². The van der Waals surface area contributed by atoms with Crippen LogP contribution < -0.4 is 20.3 Å². The van der Waals surface area contributed by atoms with Crippen molar-refractivity contribution in [2.75, 3.05) is 32.8 Å². The average molecular weight is 516 g/mol. The Balaban J connectivity index is 1.06. The van der Waals surface area contributed by atoms with Crippen LogP contribution in [0.25, 0.3) is 10.9 Å². The Morgan fingerprint density at radius 2 is 1.66 bits per heavy atom. The summed E-state index contributed by atoms with van der Waals surface area (Å²) in [7, 11) is 0. The number of fused-ring (bicyclic) bond motifs is 2. The second-order valence-corrected chi connectivity index (χ2v) is 11.4. The number of ether oxygens (including phenoxy) is 2. The first-order chi connectivity index (χ1) is 18.6. The molecule has 6 heteroatoms. The summed E-state index contributed by atoms with van der Waals surface area (Å²) in [4.78, 5) is 15.6. The maximum atomic E-state index is 13.1. The molecule has 0 atom stereocenters. The number of hydrogen-bond acceptors (Lipinski definition) is 5. The second-order valence-electron chi connectivity index (χ2n) is 11.4. The zero-order valence-corrected chi connectivity index (χ0v) is 22.7. The number of aryl methyl sites for hydroxylation is 1. The fraction of sp³-hybridized carbons (Fsp3) is 0.531. The summed E-state index contributed by atoms with van der Waals surface area (Å²) < 4.78 is 13.4. The van der Waals surface area contributed by atoms with Crippen LogP contribution in [0.4, 0.5) is 0 Å². The van der Waals surface area contributed by atoms with Crippen molar-refractivity contribution in [1.29, 1.82) is 0 Å². The number of aromatic nitrogens is 1. The number of pyridine rings is 1. The maximum Gasteiger partial charge on any atom is 0.251 e. The second kappa shape index (κ2) is 11.5. The first-order valence-corrected chi connectivity index (χ1v) is 14.6. The van der Waals surface area contributed by atoms with Crippen LogP contribution in [0.3, 0.4) is 0 Å². The van der Waals surface area contributed by atoms with Crippen molar-refractivity contribution in [2.24, 2.45) is 0 Å². The summed E-state index contributed by atoms with van der Waals surface area (Å²) >= 11 is 0. The molecule has 3 heterocycles. The smallest absolute Gasteiger partial charge is 0.251 e. The van der Waals surface area contributed by atoms with Crippen LogP contribution in [0.5, 0.6) is 11.5 Å². The number of hydrogen-bond donors (Lipinski definition) is 1. The molecular weight excluding hydrogens is 474 g/mol. The number of likely N-dealkylation sites (tertiary alicyclic amines) is 1. The molecule has 38 heavy (non-hydrogen) atoms. The summed E-state index contributed by atoms with van der Waals surface area (Å²) in [6, 6.07) is 15.5. The largest absolute Gasteiger partial charge is 0.486 e. The Morgan fingerprint density at radius 1 is 0.868 bits per heavy atom. The summed E-state index contributed by atoms with van der Waals surface area (Å²) in [5.41, 5.74) is 4.98. The van der Waals surface area contributed by atoms with Gasteiger partial charge in [0.1, 0.15) is 13.2 Å². The van der Waals surface area contributed by atoms with E-state index in [1.165, 1.54) is 48.6 Å². The van der Waals surface area contributed by atoms with Gasteiger partial charge < -0.3 is 24.3 Å². The highest BCUT2D eigenvalue weighted by Gasteiger charge is 2.21. The van der Waals surface area contributed by atoms with Gasteiger partial charge in [-0.25, -0.2) is 0 Å². The number of nitrogens with zero attached hydrogens (tertiary/aromatic N) is 2. The average Bonchev–Trinajstić information content (AvgIpc) is 2.96. The van der Waals surface area contributed by atoms with Gasteiger partial charge in [-0.3, -0.25) is 4.79 Å². The molecule has 202 valence electrons. The van der Waals surface area contributed by atoms with E-state index in [9.17, 15) is 4.79 Å². The first-order valence-electron chi connectivity index (χ1n) is 14.6. The molecule has 6 rings (SSSR count). The minimum absolute atomic E-state index is 0.131. The number of nitrogens with one attached hydrogen (secondary N) is 1. The molecule has 2 aromatic carbocycles. The van der Waals surface area contributed by atoms with E-state index in [2.05, 4.69) is 47.5 Å². The molecule has 1 aliphatic carbocycles. The summed E-state index contributed by atoms with van der Waals surface area (Å²) in [5, 5.41) is 4.95. The van der Waals surface area contributed by atoms with E-state index in [0.29, 0.717) is 25.2 Å². The van der Waals surface area contributed by atoms with E-state index < -0.39 is 0 Å². The van der Waals surface area contributed by atoms with Crippen LogP contribution in [-0.2, 0) is 13.1 Å². The molecular formula is C32H41N3O3. The minimum Gasteiger partial charge on any atom is -0.486 e. The normalized spacial score (nSPS) is 19.2. The molecule has 0 radical (unpaired) electrons. The molecule has 1 N–H and O–H groups in total. The first kappa shape index (κ1) is 25.4. The third kappa shape index (κ3) is 5.62. The van der Waals surface area contributed by atoms with E-state index in [-0.39, 0.29) is 5.56 Å². The van der Waals surface area contributed by atoms with Crippen LogP contribution in [0.2, 0.25) is 0 Å². The fourth-order valence-corrected chi connectivity index (χ4v) is 6.55. The van der Waals surface area contributed by atoms with Crippen LogP contribution in [0, 0.1) is 6.92 Å². The van der Waals surface area contributed by atoms with Crippen molar-refractivity contribution < 1.29 is 9.47 Å². The zero-order chi connectivity index (χ0) is 25.9. The van der Waals surface area contributed by atoms with Gasteiger partial charge in [-0.05, 0) is 86.5 Å². The van der Waals surface area contributed by atoms with E-state index in [1.807, 2.05) is 16.7 Å². The SMILES string of the molecule is Cc1cc(=O)n(CCN2CCC(NCc3ccc4c(c3)OCCO4)CC2)c2cc(C3CCCCC3)ccc12. The van der Waals surface area contributed by atoms with Gasteiger partial charge in [-0.15, -0.1) is 0 Å². The molecule has 1 aromatic heterocycles. The lowest BCUT2D eigenvalue weighted by molar-refractivity contribution is 0.171. The lowest BCUT2D eigenvalue weighted by Crippen LogP contribution is -2.43. The quantitative estimate of drug-likeness (QED) is 0.458. The molecule has 3 aromatic rings. The van der Waals surface area contributed by atoms with Gasteiger partial charge in [-0.1, -0.05) is 37.5 Å². The molecule has 1 saturated heterocycles. The van der Waals surface area contributed by atoms with Gasteiger partial charge >= 0.3 is 0 Å². The Kier molecular flexibility index (Phi) is 7.70. The molecule has 2 aliphatic heterocycles. The van der Waals surface area contributed by atoms with Crippen LogP contribution in [-0.4, -0.2) is 48.4 Å². The lowest BCUT2D eigenvalue weighted by atomic mass is 9.83. The van der Waals surface area contributed by atoms with E-state index >= 15 is 0 Å². The third-order valence-corrected chi connectivity index (χ3v) is 8.85. The molecule has 2 fully saturated rings. The standard InChI is InChI=1S/C32H41N3O3/c1-23-19-32(36)35(29-21-26(8-9-28(23)29)25-5-3-2-4-6-25)16-15-34-13-11-27(12-14-34)33-22-24-7-10-30-31(20-24)38-18-17-37-30/h7-10,19-21,25,27,33H,2-6,11-18,22H2,1H3. The van der Waals surface area contributed by atoms with Gasteiger partial charge in [0.25, 0.3) is 5.56 Å². The molecule has 0 spiro atoms. The summed E-state index contributed by atoms with van der Waals surface area (Å²) in [6.45, 7) is 7.94. The highest BCUT2D eigenvalue weighted by molar-refractivity contribution is 5.83. The predicted octanol–water partition coefficient (Wildman–Crippen LogP) is 5.38. The third-order valence-electron chi connectivity index (χ3n) is 8.85. The maximum absolute atomic E-state index is 13.1. The van der Waals surface area contributed by atoms with Crippen molar-refractivity contribution in [1.82, 2.24) is 14.8 Å². The minimum atomic E-state index is 0.131. The predicted molar refractivity (Wildman–Crippen MR) is 153 cm³/mol. The van der Waals surface area contributed by atoms with Crippen molar-refractivity contribution >= 4 is 10.9 Å². The van der Waals surface area contributed by atoms with Crippen molar-refractivity contribution in [2.45, 2.75) is 76.9 Å². The van der Waals surface area contributed by atoms with Gasteiger partial charge in [0.05, 0.1) is 5.52 Å². The summed E-state index contributed by atoms with van der Waals surface area (Å²) in [5.74, 6) is 2.35. The van der Waals surface area contributed by atoms with Crippen LogP contribution >= 0.6 is 0 Å². The van der Waals surface area contributed by atoms with Crippen LogP contribution in [0.1, 0.15) is 67.6 Å². The Hall–Kier alpha value is -2.83. The Bertz CT molecular complexity index is 1320. The lowest BCUT2D eigenvalue weighted by Gasteiger charge is -2.33. The van der Waals surface area contributed by atoms with Crippen molar-refractivity contribution in [3.8, 4) is 11.5 Å². The number of benzene rings is 2. The zero-order valence-electron chi connectivity index (χ0n) is 22.7. The van der Waals surface area contributed by atoms with Gasteiger partial charge in [0.15, 0.2) is 11.5 Å².